The molecule has 1 aromatic carbocycles. The Hall–Kier alpha value is -1.75. The van der Waals surface area contributed by atoms with Gasteiger partial charge in [0.1, 0.15) is 0 Å². The van der Waals surface area contributed by atoms with Gasteiger partial charge in [-0.3, -0.25) is 4.99 Å². The molecule has 0 spiro atoms. The molecule has 0 saturated heterocycles. The van der Waals surface area contributed by atoms with E-state index in [1.807, 2.05) is 6.34 Å². The molecule has 1 aliphatic rings. The largest absolute Gasteiger partial charge is 0.493 e. The molecule has 5 nitrogen and oxygen atoms in total. The van der Waals surface area contributed by atoms with Crippen molar-refractivity contribution < 1.29 is 14.2 Å². The van der Waals surface area contributed by atoms with E-state index in [9.17, 15) is 0 Å². The van der Waals surface area contributed by atoms with Crippen LogP contribution in [-0.2, 0) is 11.2 Å². The number of benzene rings is 1. The summed E-state index contributed by atoms with van der Waals surface area (Å²) in [5, 5.41) is 0. The third kappa shape index (κ3) is 5.61. The lowest BCUT2D eigenvalue weighted by atomic mass is 9.93. The minimum Gasteiger partial charge on any atom is -0.493 e. The van der Waals surface area contributed by atoms with Crippen molar-refractivity contribution in [2.75, 3.05) is 27.4 Å². The maximum absolute atomic E-state index is 5.97. The van der Waals surface area contributed by atoms with E-state index in [2.05, 4.69) is 58.6 Å². The molecule has 0 radical (unpaired) electrons. The zero-order chi connectivity index (χ0) is 20.2. The summed E-state index contributed by atoms with van der Waals surface area (Å²) in [5.74, 6) is 2.01. The van der Waals surface area contributed by atoms with Gasteiger partial charge in [-0.1, -0.05) is 13.8 Å². The third-order valence-electron chi connectivity index (χ3n) is 5.10. The molecule has 2 rings (SSSR count). The van der Waals surface area contributed by atoms with Gasteiger partial charge < -0.3 is 19.1 Å². The molecule has 0 fully saturated rings. The van der Waals surface area contributed by atoms with E-state index in [0.717, 1.165) is 24.5 Å². The number of hydrogen-bond donors (Lipinski definition) is 0. The number of hydrogen-bond acceptors (Lipinski definition) is 4. The Morgan fingerprint density at radius 1 is 1.19 bits per heavy atom. The van der Waals surface area contributed by atoms with Gasteiger partial charge in [0.25, 0.3) is 0 Å². The SMILES string of the molecule is COc1cc2c(cc1OC)[C@H](C)N(C=N[C@H](COC(C)(C)C)C(C)C)CC2. The summed E-state index contributed by atoms with van der Waals surface area (Å²) < 4.78 is 16.9. The summed E-state index contributed by atoms with van der Waals surface area (Å²) in [4.78, 5) is 7.18. The average molecular weight is 377 g/mol. The molecular formula is C22H36N2O3. The monoisotopic (exact) mass is 376 g/mol. The van der Waals surface area contributed by atoms with Crippen LogP contribution in [0.15, 0.2) is 17.1 Å². The predicted molar refractivity (Wildman–Crippen MR) is 111 cm³/mol. The lowest BCUT2D eigenvalue weighted by Crippen LogP contribution is -2.34. The van der Waals surface area contributed by atoms with Crippen LogP contribution in [0.3, 0.4) is 0 Å². The van der Waals surface area contributed by atoms with Crippen LogP contribution < -0.4 is 9.47 Å². The standard InChI is InChI=1S/C22H36N2O3/c1-15(2)19(13-27-22(4,5)6)23-14-24-10-9-17-11-20(25-7)21(26-8)12-18(17)16(24)3/h11-12,14-16,19H,9-10,13H2,1-8H3/t16-,19+/m0/s1. The highest BCUT2D eigenvalue weighted by Gasteiger charge is 2.25. The normalized spacial score (nSPS) is 18.7. The number of fused-ring (bicyclic) bond motifs is 1. The Bertz CT molecular complexity index is 650. The molecule has 0 unspecified atom stereocenters. The summed E-state index contributed by atoms with van der Waals surface area (Å²) in [5.41, 5.74) is 2.45. The van der Waals surface area contributed by atoms with E-state index in [-0.39, 0.29) is 17.7 Å². The number of rotatable bonds is 7. The Balaban J connectivity index is 2.15. The number of nitrogens with zero attached hydrogens (tertiary/aromatic N) is 2. The summed E-state index contributed by atoms with van der Waals surface area (Å²) in [6.45, 7) is 14.4. The second kappa shape index (κ2) is 8.96. The van der Waals surface area contributed by atoms with Crippen molar-refractivity contribution in [1.82, 2.24) is 4.90 Å². The average Bonchev–Trinajstić information content (AvgIpc) is 2.61. The van der Waals surface area contributed by atoms with Crippen LogP contribution in [0, 0.1) is 5.92 Å². The van der Waals surface area contributed by atoms with Gasteiger partial charge in [0.15, 0.2) is 11.5 Å². The Labute approximate surface area is 164 Å². The smallest absolute Gasteiger partial charge is 0.161 e. The molecule has 0 bridgehead atoms. The minimum atomic E-state index is -0.143. The summed E-state index contributed by atoms with van der Waals surface area (Å²) in [6, 6.07) is 4.60. The zero-order valence-corrected chi connectivity index (χ0v) is 18.2. The van der Waals surface area contributed by atoms with Crippen LogP contribution in [0.25, 0.3) is 0 Å². The molecule has 0 saturated carbocycles. The molecule has 0 N–H and O–H groups in total. The van der Waals surface area contributed by atoms with Gasteiger partial charge >= 0.3 is 0 Å². The van der Waals surface area contributed by atoms with E-state index >= 15 is 0 Å². The first-order valence-electron chi connectivity index (χ1n) is 9.84. The first-order valence-corrected chi connectivity index (χ1v) is 9.84. The van der Waals surface area contributed by atoms with Gasteiger partial charge in [-0.2, -0.15) is 0 Å². The van der Waals surface area contributed by atoms with E-state index in [0.29, 0.717) is 12.5 Å². The predicted octanol–water partition coefficient (Wildman–Crippen LogP) is 4.49. The molecule has 152 valence electrons. The quantitative estimate of drug-likeness (QED) is 0.519. The van der Waals surface area contributed by atoms with Crippen molar-refractivity contribution in [2.24, 2.45) is 10.9 Å². The minimum absolute atomic E-state index is 0.143. The van der Waals surface area contributed by atoms with Crippen LogP contribution >= 0.6 is 0 Å². The van der Waals surface area contributed by atoms with Gasteiger partial charge in [-0.05, 0) is 63.3 Å². The third-order valence-corrected chi connectivity index (χ3v) is 5.10. The van der Waals surface area contributed by atoms with Crippen molar-refractivity contribution in [3.8, 4) is 11.5 Å². The van der Waals surface area contributed by atoms with Crippen molar-refractivity contribution in [2.45, 2.75) is 65.6 Å². The number of ether oxygens (including phenoxy) is 3. The van der Waals surface area contributed by atoms with E-state index in [1.165, 1.54) is 11.1 Å². The summed E-state index contributed by atoms with van der Waals surface area (Å²) in [7, 11) is 3.36. The summed E-state index contributed by atoms with van der Waals surface area (Å²) in [6.07, 6.45) is 2.98. The Morgan fingerprint density at radius 3 is 2.37 bits per heavy atom. The van der Waals surface area contributed by atoms with E-state index in [4.69, 9.17) is 19.2 Å². The number of methoxy groups -OCH3 is 2. The highest BCUT2D eigenvalue weighted by molar-refractivity contribution is 5.59. The molecule has 1 heterocycles. The molecular weight excluding hydrogens is 340 g/mol. The van der Waals surface area contributed by atoms with Crippen molar-refractivity contribution >= 4 is 6.34 Å². The fraction of sp³-hybridized carbons (Fsp3) is 0.682. The summed E-state index contributed by atoms with van der Waals surface area (Å²) >= 11 is 0. The maximum atomic E-state index is 5.97. The van der Waals surface area contributed by atoms with Gasteiger partial charge in [-0.15, -0.1) is 0 Å². The number of aliphatic imine (C=N–C) groups is 1. The van der Waals surface area contributed by atoms with Crippen molar-refractivity contribution in [3.05, 3.63) is 23.3 Å². The second-order valence-corrected chi connectivity index (χ2v) is 8.57. The zero-order valence-electron chi connectivity index (χ0n) is 18.2. The lowest BCUT2D eigenvalue weighted by molar-refractivity contribution is -0.0145. The first-order chi connectivity index (χ1) is 12.7. The molecule has 2 atom stereocenters. The van der Waals surface area contributed by atoms with Gasteiger partial charge in [0.2, 0.25) is 0 Å². The van der Waals surface area contributed by atoms with Crippen LogP contribution in [0.2, 0.25) is 0 Å². The molecule has 27 heavy (non-hydrogen) atoms. The maximum Gasteiger partial charge on any atom is 0.161 e. The molecule has 1 aromatic rings. The van der Waals surface area contributed by atoms with Crippen LogP contribution in [-0.4, -0.2) is 50.3 Å². The Kier molecular flexibility index (Phi) is 7.15. The van der Waals surface area contributed by atoms with E-state index in [1.54, 1.807) is 14.2 Å². The van der Waals surface area contributed by atoms with Crippen LogP contribution in [0.5, 0.6) is 11.5 Å². The fourth-order valence-electron chi connectivity index (χ4n) is 3.24. The topological polar surface area (TPSA) is 43.3 Å². The van der Waals surface area contributed by atoms with E-state index < -0.39 is 0 Å². The molecule has 0 amide bonds. The molecule has 0 aromatic heterocycles. The molecule has 5 heteroatoms. The highest BCUT2D eigenvalue weighted by atomic mass is 16.5. The van der Waals surface area contributed by atoms with Crippen molar-refractivity contribution in [1.29, 1.82) is 0 Å². The highest BCUT2D eigenvalue weighted by Crippen LogP contribution is 2.37. The second-order valence-electron chi connectivity index (χ2n) is 8.57. The van der Waals surface area contributed by atoms with Gasteiger partial charge in [0.05, 0.1) is 44.8 Å². The van der Waals surface area contributed by atoms with Gasteiger partial charge in [0, 0.05) is 6.54 Å². The fourth-order valence-corrected chi connectivity index (χ4v) is 3.24. The first kappa shape index (κ1) is 21.5. The van der Waals surface area contributed by atoms with Crippen molar-refractivity contribution in [3.63, 3.8) is 0 Å². The molecule has 0 aliphatic carbocycles. The van der Waals surface area contributed by atoms with Crippen LogP contribution in [0.4, 0.5) is 0 Å². The lowest BCUT2D eigenvalue weighted by Gasteiger charge is -2.35. The molecule has 1 aliphatic heterocycles. The van der Waals surface area contributed by atoms with Gasteiger partial charge in [-0.25, -0.2) is 0 Å². The van der Waals surface area contributed by atoms with Crippen LogP contribution in [0.1, 0.15) is 58.7 Å². The Morgan fingerprint density at radius 2 is 1.81 bits per heavy atom.